The average molecular weight is 390 g/mol. The normalized spacial score (nSPS) is 16.3. The Morgan fingerprint density at radius 1 is 1.14 bits per heavy atom. The zero-order valence-corrected chi connectivity index (χ0v) is 16.6. The van der Waals surface area contributed by atoms with Gasteiger partial charge in [-0.15, -0.1) is 0 Å². The van der Waals surface area contributed by atoms with Crippen molar-refractivity contribution in [3.05, 3.63) is 59.5 Å². The molecule has 1 saturated heterocycles. The third-order valence-electron chi connectivity index (χ3n) is 5.21. The summed E-state index contributed by atoms with van der Waals surface area (Å²) in [6.07, 6.45) is 0.183. The molecule has 1 unspecified atom stereocenters. The standard InChI is InChI=1S/C22H22N4O3/c1-13-7-8-18(9-14(13)2)24-22(28)17-11-20(27)26(12-17)19-6-4-5-16(10-19)21-23-15(3)29-25-21/h4-10,17H,11-12H2,1-3H3,(H,24,28). The lowest BCUT2D eigenvalue weighted by Crippen LogP contribution is -2.28. The number of aromatic nitrogens is 2. The summed E-state index contributed by atoms with van der Waals surface area (Å²) in [5.74, 6) is 0.326. The minimum atomic E-state index is -0.403. The molecule has 2 heterocycles. The van der Waals surface area contributed by atoms with Gasteiger partial charge in [0.15, 0.2) is 0 Å². The van der Waals surface area contributed by atoms with Gasteiger partial charge in [-0.25, -0.2) is 0 Å². The number of nitrogens with one attached hydrogen (secondary N) is 1. The number of hydrogen-bond acceptors (Lipinski definition) is 5. The first-order valence-electron chi connectivity index (χ1n) is 9.50. The lowest BCUT2D eigenvalue weighted by Gasteiger charge is -2.17. The molecule has 1 N–H and O–H groups in total. The van der Waals surface area contributed by atoms with Crippen LogP contribution in [0.25, 0.3) is 11.4 Å². The van der Waals surface area contributed by atoms with E-state index in [1.54, 1.807) is 11.8 Å². The summed E-state index contributed by atoms with van der Waals surface area (Å²) in [6.45, 7) is 6.09. The monoisotopic (exact) mass is 390 g/mol. The first-order chi connectivity index (χ1) is 13.9. The van der Waals surface area contributed by atoms with Crippen LogP contribution in [0.1, 0.15) is 23.4 Å². The second-order valence-electron chi connectivity index (χ2n) is 7.38. The van der Waals surface area contributed by atoms with Gasteiger partial charge in [0.2, 0.25) is 23.5 Å². The fourth-order valence-corrected chi connectivity index (χ4v) is 3.43. The van der Waals surface area contributed by atoms with Crippen LogP contribution in [0, 0.1) is 26.7 Å². The van der Waals surface area contributed by atoms with Crippen molar-refractivity contribution in [2.75, 3.05) is 16.8 Å². The first kappa shape index (κ1) is 18.9. The van der Waals surface area contributed by atoms with Gasteiger partial charge in [-0.3, -0.25) is 9.59 Å². The van der Waals surface area contributed by atoms with Crippen molar-refractivity contribution in [1.29, 1.82) is 0 Å². The molecule has 7 nitrogen and oxygen atoms in total. The Balaban J connectivity index is 1.49. The van der Waals surface area contributed by atoms with E-state index in [4.69, 9.17) is 4.52 Å². The van der Waals surface area contributed by atoms with Crippen LogP contribution in [-0.2, 0) is 9.59 Å². The van der Waals surface area contributed by atoms with E-state index >= 15 is 0 Å². The number of carbonyl (C=O) groups excluding carboxylic acids is 2. The number of hydrogen-bond donors (Lipinski definition) is 1. The van der Waals surface area contributed by atoms with Gasteiger partial charge in [0.1, 0.15) is 0 Å². The van der Waals surface area contributed by atoms with E-state index in [1.807, 2.05) is 56.3 Å². The number of aryl methyl sites for hydroxylation is 3. The van der Waals surface area contributed by atoms with Gasteiger partial charge in [-0.1, -0.05) is 23.4 Å². The van der Waals surface area contributed by atoms with Crippen LogP contribution in [0.3, 0.4) is 0 Å². The van der Waals surface area contributed by atoms with E-state index in [1.165, 1.54) is 5.56 Å². The lowest BCUT2D eigenvalue weighted by molar-refractivity contribution is -0.122. The third kappa shape index (κ3) is 3.89. The van der Waals surface area contributed by atoms with Gasteiger partial charge < -0.3 is 14.7 Å². The van der Waals surface area contributed by atoms with E-state index in [2.05, 4.69) is 15.5 Å². The lowest BCUT2D eigenvalue weighted by atomic mass is 10.1. The fraction of sp³-hybridized carbons (Fsp3) is 0.273. The maximum atomic E-state index is 12.7. The molecule has 2 amide bonds. The van der Waals surface area contributed by atoms with Crippen LogP contribution >= 0.6 is 0 Å². The van der Waals surface area contributed by atoms with Crippen LogP contribution in [-0.4, -0.2) is 28.5 Å². The third-order valence-corrected chi connectivity index (χ3v) is 5.21. The Hall–Kier alpha value is -3.48. The molecule has 0 radical (unpaired) electrons. The molecule has 0 bridgehead atoms. The predicted molar refractivity (Wildman–Crippen MR) is 109 cm³/mol. The molecule has 1 atom stereocenters. The fourth-order valence-electron chi connectivity index (χ4n) is 3.43. The summed E-state index contributed by atoms with van der Waals surface area (Å²) in [5, 5.41) is 6.86. The average Bonchev–Trinajstić information content (AvgIpc) is 3.31. The van der Waals surface area contributed by atoms with E-state index in [0.717, 1.165) is 22.5 Å². The van der Waals surface area contributed by atoms with Crippen molar-refractivity contribution in [3.8, 4) is 11.4 Å². The van der Waals surface area contributed by atoms with E-state index in [9.17, 15) is 9.59 Å². The number of carbonyl (C=O) groups is 2. The van der Waals surface area contributed by atoms with Gasteiger partial charge in [-0.05, 0) is 49.2 Å². The highest BCUT2D eigenvalue weighted by atomic mass is 16.5. The quantitative estimate of drug-likeness (QED) is 0.735. The largest absolute Gasteiger partial charge is 0.339 e. The molecule has 3 aromatic rings. The molecule has 1 fully saturated rings. The minimum absolute atomic E-state index is 0.0771. The van der Waals surface area contributed by atoms with Crippen LogP contribution in [0.2, 0.25) is 0 Å². The highest BCUT2D eigenvalue weighted by Gasteiger charge is 2.35. The summed E-state index contributed by atoms with van der Waals surface area (Å²) in [5.41, 5.74) is 4.51. The van der Waals surface area contributed by atoms with E-state index in [-0.39, 0.29) is 18.2 Å². The maximum Gasteiger partial charge on any atom is 0.229 e. The molecule has 0 aliphatic carbocycles. The van der Waals surface area contributed by atoms with Gasteiger partial charge >= 0.3 is 0 Å². The molecule has 1 aliphatic heterocycles. The molecule has 29 heavy (non-hydrogen) atoms. The Labute approximate surface area is 168 Å². The minimum Gasteiger partial charge on any atom is -0.339 e. The molecule has 7 heteroatoms. The highest BCUT2D eigenvalue weighted by molar-refractivity contribution is 6.03. The van der Waals surface area contributed by atoms with Crippen molar-refractivity contribution >= 4 is 23.2 Å². The zero-order valence-electron chi connectivity index (χ0n) is 16.6. The zero-order chi connectivity index (χ0) is 20.5. The molecule has 0 spiro atoms. The van der Waals surface area contributed by atoms with Gasteiger partial charge in [0, 0.05) is 36.8 Å². The molecule has 1 aromatic heterocycles. The van der Waals surface area contributed by atoms with Crippen molar-refractivity contribution in [2.45, 2.75) is 27.2 Å². The number of anilines is 2. The Morgan fingerprint density at radius 2 is 1.97 bits per heavy atom. The molecule has 148 valence electrons. The topological polar surface area (TPSA) is 88.3 Å². The summed E-state index contributed by atoms with van der Waals surface area (Å²) < 4.78 is 5.03. The Morgan fingerprint density at radius 3 is 2.69 bits per heavy atom. The second-order valence-corrected chi connectivity index (χ2v) is 7.38. The van der Waals surface area contributed by atoms with E-state index in [0.29, 0.717) is 18.3 Å². The number of rotatable bonds is 4. The smallest absolute Gasteiger partial charge is 0.229 e. The maximum absolute atomic E-state index is 12.7. The Bertz CT molecular complexity index is 1090. The van der Waals surface area contributed by atoms with Crippen molar-refractivity contribution < 1.29 is 14.1 Å². The summed E-state index contributed by atoms with van der Waals surface area (Å²) in [4.78, 5) is 31.2. The SMILES string of the molecule is Cc1nc(-c2cccc(N3CC(C(=O)Nc4ccc(C)c(C)c4)CC3=O)c2)no1. The van der Waals surface area contributed by atoms with Crippen LogP contribution in [0.5, 0.6) is 0 Å². The molecule has 1 aliphatic rings. The first-order valence-corrected chi connectivity index (χ1v) is 9.50. The van der Waals surface area contributed by atoms with Crippen molar-refractivity contribution in [3.63, 3.8) is 0 Å². The number of amides is 2. The number of benzene rings is 2. The van der Waals surface area contributed by atoms with Crippen LogP contribution in [0.15, 0.2) is 47.0 Å². The predicted octanol–water partition coefficient (Wildman–Crippen LogP) is 3.65. The molecular weight excluding hydrogens is 368 g/mol. The summed E-state index contributed by atoms with van der Waals surface area (Å²) >= 11 is 0. The molecule has 0 saturated carbocycles. The summed E-state index contributed by atoms with van der Waals surface area (Å²) in [6, 6.07) is 13.2. The van der Waals surface area contributed by atoms with Gasteiger partial charge in [0.25, 0.3) is 0 Å². The Kier molecular flexibility index (Phi) is 4.88. The highest BCUT2D eigenvalue weighted by Crippen LogP contribution is 2.29. The van der Waals surface area contributed by atoms with Crippen molar-refractivity contribution in [1.82, 2.24) is 10.1 Å². The van der Waals surface area contributed by atoms with E-state index < -0.39 is 5.92 Å². The van der Waals surface area contributed by atoms with Gasteiger partial charge in [-0.2, -0.15) is 4.98 Å². The van der Waals surface area contributed by atoms with Crippen molar-refractivity contribution in [2.24, 2.45) is 5.92 Å². The molecule has 2 aromatic carbocycles. The summed E-state index contributed by atoms with van der Waals surface area (Å²) in [7, 11) is 0. The van der Waals surface area contributed by atoms with Gasteiger partial charge in [0.05, 0.1) is 5.92 Å². The van der Waals surface area contributed by atoms with Crippen LogP contribution in [0.4, 0.5) is 11.4 Å². The number of nitrogens with zero attached hydrogens (tertiary/aromatic N) is 3. The van der Waals surface area contributed by atoms with Crippen LogP contribution < -0.4 is 10.2 Å². The molecule has 4 rings (SSSR count). The molecular formula is C22H22N4O3. The second kappa shape index (κ2) is 7.50.